The van der Waals surface area contributed by atoms with Crippen LogP contribution >= 0.6 is 0 Å². The molecular weight excluding hydrogens is 388 g/mol. The SMILES string of the molecule is Cc1cc(N2CCCCC2)nc(NCCNS(=O)(=O)c2cc(F)cc(F)c2)n1. The Balaban J connectivity index is 1.58. The Morgan fingerprint density at radius 3 is 2.36 bits per heavy atom. The predicted octanol–water partition coefficient (Wildman–Crippen LogP) is 2.44. The lowest BCUT2D eigenvalue weighted by Gasteiger charge is -2.28. The molecule has 0 saturated carbocycles. The van der Waals surface area contributed by atoms with Gasteiger partial charge < -0.3 is 10.2 Å². The highest BCUT2D eigenvalue weighted by atomic mass is 32.2. The summed E-state index contributed by atoms with van der Waals surface area (Å²) < 4.78 is 53.1. The molecule has 2 aromatic rings. The van der Waals surface area contributed by atoms with Crippen molar-refractivity contribution >= 4 is 21.8 Å². The molecule has 1 aromatic heterocycles. The lowest BCUT2D eigenvalue weighted by atomic mass is 10.1. The minimum atomic E-state index is -4.01. The largest absolute Gasteiger partial charge is 0.356 e. The number of anilines is 2. The summed E-state index contributed by atoms with van der Waals surface area (Å²) >= 11 is 0. The van der Waals surface area contributed by atoms with Crippen LogP contribution in [0.1, 0.15) is 25.0 Å². The fourth-order valence-electron chi connectivity index (χ4n) is 3.04. The van der Waals surface area contributed by atoms with Gasteiger partial charge in [0.1, 0.15) is 17.5 Å². The molecular formula is C18H23F2N5O2S. The highest BCUT2D eigenvalue weighted by Crippen LogP contribution is 2.19. The van der Waals surface area contributed by atoms with Gasteiger partial charge in [-0.1, -0.05) is 0 Å². The number of benzene rings is 1. The Labute approximate surface area is 163 Å². The number of aromatic nitrogens is 2. The highest BCUT2D eigenvalue weighted by molar-refractivity contribution is 7.89. The molecule has 0 atom stereocenters. The van der Waals surface area contributed by atoms with E-state index in [-0.39, 0.29) is 13.1 Å². The number of rotatable bonds is 7. The number of sulfonamides is 1. The molecule has 152 valence electrons. The lowest BCUT2D eigenvalue weighted by molar-refractivity contribution is 0.562. The van der Waals surface area contributed by atoms with Crippen LogP contribution in [-0.4, -0.2) is 44.6 Å². The Kier molecular flexibility index (Phi) is 6.40. The molecule has 2 heterocycles. The first-order chi connectivity index (χ1) is 13.3. The Morgan fingerprint density at radius 2 is 1.68 bits per heavy atom. The van der Waals surface area contributed by atoms with Crippen molar-refractivity contribution in [3.8, 4) is 0 Å². The van der Waals surface area contributed by atoms with Crippen LogP contribution in [0.5, 0.6) is 0 Å². The number of nitrogens with one attached hydrogen (secondary N) is 2. The smallest absolute Gasteiger partial charge is 0.240 e. The zero-order valence-electron chi connectivity index (χ0n) is 15.6. The van der Waals surface area contributed by atoms with Crippen LogP contribution in [0.15, 0.2) is 29.2 Å². The molecule has 0 unspecified atom stereocenters. The minimum absolute atomic E-state index is 0.0107. The van der Waals surface area contributed by atoms with Crippen LogP contribution in [0.2, 0.25) is 0 Å². The molecule has 0 spiro atoms. The summed E-state index contributed by atoms with van der Waals surface area (Å²) in [6.07, 6.45) is 3.49. The van der Waals surface area contributed by atoms with Crippen LogP contribution in [0.25, 0.3) is 0 Å². The number of nitrogens with zero attached hydrogens (tertiary/aromatic N) is 3. The summed E-state index contributed by atoms with van der Waals surface area (Å²) in [7, 11) is -4.01. The van der Waals surface area contributed by atoms with Crippen molar-refractivity contribution in [3.63, 3.8) is 0 Å². The maximum atomic E-state index is 13.2. The van der Waals surface area contributed by atoms with E-state index in [1.165, 1.54) is 6.42 Å². The standard InChI is InChI=1S/C18H23F2N5O2S/c1-13-9-17(25-7-3-2-4-8-25)24-18(23-13)21-5-6-22-28(26,27)16-11-14(19)10-15(20)12-16/h9-12,22H,2-8H2,1H3,(H,21,23,24). The maximum Gasteiger partial charge on any atom is 0.240 e. The van der Waals surface area contributed by atoms with Crippen LogP contribution < -0.4 is 14.9 Å². The normalized spacial score (nSPS) is 14.9. The van der Waals surface area contributed by atoms with Gasteiger partial charge in [0.15, 0.2) is 0 Å². The molecule has 0 aliphatic carbocycles. The van der Waals surface area contributed by atoms with Gasteiger partial charge in [0, 0.05) is 44.0 Å². The molecule has 2 N–H and O–H groups in total. The Bertz CT molecular complexity index is 913. The molecule has 1 aromatic carbocycles. The van der Waals surface area contributed by atoms with Crippen molar-refractivity contribution in [1.82, 2.24) is 14.7 Å². The average Bonchev–Trinajstić information content (AvgIpc) is 2.65. The second-order valence-electron chi connectivity index (χ2n) is 6.67. The third-order valence-electron chi connectivity index (χ3n) is 4.37. The molecule has 28 heavy (non-hydrogen) atoms. The molecule has 1 fully saturated rings. The molecule has 1 aliphatic heterocycles. The minimum Gasteiger partial charge on any atom is -0.356 e. The van der Waals surface area contributed by atoms with Gasteiger partial charge in [-0.15, -0.1) is 0 Å². The zero-order valence-corrected chi connectivity index (χ0v) is 16.4. The van der Waals surface area contributed by atoms with E-state index >= 15 is 0 Å². The quantitative estimate of drug-likeness (QED) is 0.681. The fourth-order valence-corrected chi connectivity index (χ4v) is 4.12. The fraction of sp³-hybridized carbons (Fsp3) is 0.444. The van der Waals surface area contributed by atoms with Crippen molar-refractivity contribution in [2.45, 2.75) is 31.1 Å². The monoisotopic (exact) mass is 411 g/mol. The molecule has 7 nitrogen and oxygen atoms in total. The van der Waals surface area contributed by atoms with Gasteiger partial charge in [-0.05, 0) is 38.3 Å². The number of hydrogen-bond donors (Lipinski definition) is 2. The van der Waals surface area contributed by atoms with Crippen molar-refractivity contribution in [2.24, 2.45) is 0 Å². The Hall–Kier alpha value is -2.33. The predicted molar refractivity (Wildman–Crippen MR) is 103 cm³/mol. The summed E-state index contributed by atoms with van der Waals surface area (Å²) in [6, 6.07) is 4.09. The Morgan fingerprint density at radius 1 is 1.00 bits per heavy atom. The number of halogens is 2. The van der Waals surface area contributed by atoms with Crippen LogP contribution in [0.4, 0.5) is 20.5 Å². The van der Waals surface area contributed by atoms with Gasteiger partial charge in [0.25, 0.3) is 0 Å². The highest BCUT2D eigenvalue weighted by Gasteiger charge is 2.16. The van der Waals surface area contributed by atoms with Gasteiger partial charge >= 0.3 is 0 Å². The summed E-state index contributed by atoms with van der Waals surface area (Å²) in [5.74, 6) is -0.629. The third kappa shape index (κ3) is 5.35. The van der Waals surface area contributed by atoms with Gasteiger partial charge in [-0.2, -0.15) is 4.98 Å². The van der Waals surface area contributed by atoms with E-state index in [4.69, 9.17) is 0 Å². The van der Waals surface area contributed by atoms with E-state index in [1.807, 2.05) is 13.0 Å². The molecule has 3 rings (SSSR count). The second kappa shape index (κ2) is 8.78. The van der Waals surface area contributed by atoms with Crippen LogP contribution in [-0.2, 0) is 10.0 Å². The molecule has 0 radical (unpaired) electrons. The van der Waals surface area contributed by atoms with E-state index in [0.717, 1.165) is 49.6 Å². The van der Waals surface area contributed by atoms with Gasteiger partial charge in [-0.25, -0.2) is 26.9 Å². The first kappa shape index (κ1) is 20.4. The first-order valence-corrected chi connectivity index (χ1v) is 10.6. The number of hydrogen-bond acceptors (Lipinski definition) is 6. The van der Waals surface area contributed by atoms with E-state index in [0.29, 0.717) is 12.0 Å². The van der Waals surface area contributed by atoms with Crippen molar-refractivity contribution in [3.05, 3.63) is 41.6 Å². The van der Waals surface area contributed by atoms with Crippen molar-refractivity contribution < 1.29 is 17.2 Å². The second-order valence-corrected chi connectivity index (χ2v) is 8.44. The molecule has 1 aliphatic rings. The zero-order chi connectivity index (χ0) is 20.1. The third-order valence-corrected chi connectivity index (χ3v) is 5.81. The van der Waals surface area contributed by atoms with E-state index < -0.39 is 26.6 Å². The van der Waals surface area contributed by atoms with Crippen LogP contribution in [0, 0.1) is 18.6 Å². The van der Waals surface area contributed by atoms with Gasteiger partial charge in [0.05, 0.1) is 4.90 Å². The summed E-state index contributed by atoms with van der Waals surface area (Å²) in [6.45, 7) is 4.03. The van der Waals surface area contributed by atoms with Gasteiger partial charge in [0.2, 0.25) is 16.0 Å². The number of aryl methyl sites for hydroxylation is 1. The van der Waals surface area contributed by atoms with Crippen molar-refractivity contribution in [2.75, 3.05) is 36.4 Å². The maximum absolute atomic E-state index is 13.2. The van der Waals surface area contributed by atoms with Crippen LogP contribution in [0.3, 0.4) is 0 Å². The molecule has 0 bridgehead atoms. The lowest BCUT2D eigenvalue weighted by Crippen LogP contribution is -2.31. The van der Waals surface area contributed by atoms with E-state index in [1.54, 1.807) is 0 Å². The molecule has 0 amide bonds. The van der Waals surface area contributed by atoms with E-state index in [2.05, 4.69) is 24.9 Å². The summed E-state index contributed by atoms with van der Waals surface area (Å²) in [5, 5.41) is 2.99. The van der Waals surface area contributed by atoms with E-state index in [9.17, 15) is 17.2 Å². The summed E-state index contributed by atoms with van der Waals surface area (Å²) in [4.78, 5) is 10.6. The first-order valence-electron chi connectivity index (χ1n) is 9.14. The van der Waals surface area contributed by atoms with Crippen molar-refractivity contribution in [1.29, 1.82) is 0 Å². The average molecular weight is 411 g/mol. The molecule has 1 saturated heterocycles. The molecule has 10 heteroatoms. The number of piperidine rings is 1. The topological polar surface area (TPSA) is 87.2 Å². The summed E-state index contributed by atoms with van der Waals surface area (Å²) in [5.41, 5.74) is 0.814. The van der Waals surface area contributed by atoms with Gasteiger partial charge in [-0.3, -0.25) is 0 Å².